The van der Waals surface area contributed by atoms with Crippen molar-refractivity contribution < 1.29 is 34.9 Å². The molecule has 10 heteroatoms. The zero-order chi connectivity index (χ0) is 21.1. The SMILES string of the molecule is O=C(O)C(=O)O.O=[N+]([O-])c1ccc(C(O)CNCC(O)c2ccccc2)cc1. The molecule has 0 amide bonds. The second-order valence-corrected chi connectivity index (χ2v) is 5.56. The minimum Gasteiger partial charge on any atom is -0.473 e. The number of aliphatic carboxylic acids is 2. The van der Waals surface area contributed by atoms with Gasteiger partial charge in [-0.1, -0.05) is 30.3 Å². The summed E-state index contributed by atoms with van der Waals surface area (Å²) in [6.45, 7) is 0.565. The highest BCUT2D eigenvalue weighted by atomic mass is 16.6. The number of nitro benzene ring substituents is 1. The second kappa shape index (κ2) is 11.4. The third kappa shape index (κ3) is 7.91. The quantitative estimate of drug-likeness (QED) is 0.263. The molecule has 0 heterocycles. The van der Waals surface area contributed by atoms with Gasteiger partial charge in [-0.15, -0.1) is 0 Å². The number of aliphatic hydroxyl groups is 2. The Bertz CT molecular complexity index is 768. The lowest BCUT2D eigenvalue weighted by Crippen LogP contribution is -2.26. The fourth-order valence-electron chi connectivity index (χ4n) is 2.09. The van der Waals surface area contributed by atoms with Crippen LogP contribution in [0.15, 0.2) is 54.6 Å². The lowest BCUT2D eigenvalue weighted by molar-refractivity contribution is -0.384. The Morgan fingerprint density at radius 2 is 1.29 bits per heavy atom. The molecule has 0 aliphatic carbocycles. The van der Waals surface area contributed by atoms with Crippen molar-refractivity contribution in [2.45, 2.75) is 12.2 Å². The van der Waals surface area contributed by atoms with Crippen LogP contribution in [0.1, 0.15) is 23.3 Å². The molecule has 2 aromatic carbocycles. The van der Waals surface area contributed by atoms with Crippen molar-refractivity contribution in [1.29, 1.82) is 0 Å². The normalized spacial score (nSPS) is 12.2. The van der Waals surface area contributed by atoms with E-state index in [4.69, 9.17) is 19.8 Å². The van der Waals surface area contributed by atoms with E-state index in [2.05, 4.69) is 5.32 Å². The zero-order valence-electron chi connectivity index (χ0n) is 14.6. The average Bonchev–Trinajstić information content (AvgIpc) is 2.69. The van der Waals surface area contributed by atoms with Crippen molar-refractivity contribution >= 4 is 17.6 Å². The topological polar surface area (TPSA) is 170 Å². The Morgan fingerprint density at radius 1 is 0.857 bits per heavy atom. The molecule has 150 valence electrons. The molecule has 0 aromatic heterocycles. The van der Waals surface area contributed by atoms with E-state index in [1.807, 2.05) is 30.3 Å². The summed E-state index contributed by atoms with van der Waals surface area (Å²) in [5, 5.41) is 48.3. The number of nitrogens with one attached hydrogen (secondary N) is 1. The van der Waals surface area contributed by atoms with E-state index in [-0.39, 0.29) is 12.2 Å². The van der Waals surface area contributed by atoms with Crippen molar-refractivity contribution in [2.75, 3.05) is 13.1 Å². The molecule has 0 radical (unpaired) electrons. The Morgan fingerprint density at radius 3 is 1.68 bits per heavy atom. The Balaban J connectivity index is 0.000000568. The summed E-state index contributed by atoms with van der Waals surface area (Å²) in [6, 6.07) is 15.0. The largest absolute Gasteiger partial charge is 0.473 e. The van der Waals surface area contributed by atoms with Crippen LogP contribution >= 0.6 is 0 Å². The molecular weight excluding hydrogens is 372 g/mol. The highest BCUT2D eigenvalue weighted by molar-refractivity contribution is 6.27. The minimum atomic E-state index is -1.82. The molecule has 0 bridgehead atoms. The highest BCUT2D eigenvalue weighted by Crippen LogP contribution is 2.17. The van der Waals surface area contributed by atoms with Gasteiger partial charge in [0.15, 0.2) is 0 Å². The van der Waals surface area contributed by atoms with Crippen LogP contribution in [-0.2, 0) is 9.59 Å². The summed E-state index contributed by atoms with van der Waals surface area (Å²) >= 11 is 0. The smallest absolute Gasteiger partial charge is 0.414 e. The van der Waals surface area contributed by atoms with Gasteiger partial charge in [0, 0.05) is 25.2 Å². The van der Waals surface area contributed by atoms with Crippen LogP contribution in [0.4, 0.5) is 5.69 Å². The van der Waals surface area contributed by atoms with Crippen LogP contribution in [0.25, 0.3) is 0 Å². The number of rotatable bonds is 7. The molecule has 0 aliphatic heterocycles. The molecule has 10 nitrogen and oxygen atoms in total. The molecule has 0 saturated heterocycles. The monoisotopic (exact) mass is 392 g/mol. The van der Waals surface area contributed by atoms with Crippen LogP contribution in [0.5, 0.6) is 0 Å². The van der Waals surface area contributed by atoms with Gasteiger partial charge < -0.3 is 25.7 Å². The maximum absolute atomic E-state index is 10.6. The van der Waals surface area contributed by atoms with Gasteiger partial charge in [-0.25, -0.2) is 9.59 Å². The molecule has 2 unspecified atom stereocenters. The second-order valence-electron chi connectivity index (χ2n) is 5.56. The number of hydrogen-bond acceptors (Lipinski definition) is 7. The molecule has 0 spiro atoms. The number of benzene rings is 2. The van der Waals surface area contributed by atoms with Gasteiger partial charge in [-0.3, -0.25) is 10.1 Å². The number of non-ortho nitro benzene ring substituents is 1. The average molecular weight is 392 g/mol. The van der Waals surface area contributed by atoms with E-state index >= 15 is 0 Å². The first-order valence-corrected chi connectivity index (χ1v) is 8.04. The Kier molecular flexibility index (Phi) is 9.23. The highest BCUT2D eigenvalue weighted by Gasteiger charge is 2.12. The van der Waals surface area contributed by atoms with Crippen LogP contribution < -0.4 is 5.32 Å². The molecule has 28 heavy (non-hydrogen) atoms. The molecule has 2 rings (SSSR count). The number of hydrogen-bond donors (Lipinski definition) is 5. The van der Waals surface area contributed by atoms with E-state index in [0.717, 1.165) is 5.56 Å². The van der Waals surface area contributed by atoms with Gasteiger partial charge in [-0.2, -0.15) is 0 Å². The lowest BCUT2D eigenvalue weighted by Gasteiger charge is -2.15. The third-order valence-corrected chi connectivity index (χ3v) is 3.53. The Hall–Kier alpha value is -3.34. The standard InChI is InChI=1S/C16H18N2O4.C2H2O4/c19-15(12-4-2-1-3-5-12)10-17-11-16(20)13-6-8-14(9-7-13)18(21)22;3-1(4)2(5)6/h1-9,15-17,19-20H,10-11H2;(H,3,4)(H,5,6). The van der Waals surface area contributed by atoms with Crippen molar-refractivity contribution in [1.82, 2.24) is 5.32 Å². The van der Waals surface area contributed by atoms with E-state index < -0.39 is 29.1 Å². The summed E-state index contributed by atoms with van der Waals surface area (Å²) in [6.07, 6.45) is -1.44. The summed E-state index contributed by atoms with van der Waals surface area (Å²) < 4.78 is 0. The van der Waals surface area contributed by atoms with Gasteiger partial charge in [0.1, 0.15) is 0 Å². The summed E-state index contributed by atoms with van der Waals surface area (Å²) in [7, 11) is 0. The summed E-state index contributed by atoms with van der Waals surface area (Å²) in [5.74, 6) is -3.65. The first-order valence-electron chi connectivity index (χ1n) is 8.04. The molecule has 0 aliphatic rings. The van der Waals surface area contributed by atoms with Gasteiger partial charge >= 0.3 is 11.9 Å². The van der Waals surface area contributed by atoms with E-state index in [1.165, 1.54) is 24.3 Å². The van der Waals surface area contributed by atoms with Crippen LogP contribution in [0.3, 0.4) is 0 Å². The molecule has 5 N–H and O–H groups in total. The van der Waals surface area contributed by atoms with Crippen molar-refractivity contribution in [3.8, 4) is 0 Å². The summed E-state index contributed by atoms with van der Waals surface area (Å²) in [5.41, 5.74) is 1.38. The molecule has 2 atom stereocenters. The zero-order valence-corrected chi connectivity index (χ0v) is 14.6. The number of carboxylic acid groups (broad SMARTS) is 2. The third-order valence-electron chi connectivity index (χ3n) is 3.53. The maximum atomic E-state index is 10.6. The Labute approximate surface area is 159 Å². The van der Waals surface area contributed by atoms with E-state index in [0.29, 0.717) is 12.1 Å². The van der Waals surface area contributed by atoms with Crippen molar-refractivity contribution in [2.24, 2.45) is 0 Å². The van der Waals surface area contributed by atoms with E-state index in [1.54, 1.807) is 0 Å². The maximum Gasteiger partial charge on any atom is 0.414 e. The van der Waals surface area contributed by atoms with Crippen LogP contribution in [0.2, 0.25) is 0 Å². The number of nitro groups is 1. The first kappa shape index (κ1) is 22.7. The minimum absolute atomic E-state index is 0.0107. The van der Waals surface area contributed by atoms with Gasteiger partial charge in [0.25, 0.3) is 5.69 Å². The number of nitrogens with zero attached hydrogens (tertiary/aromatic N) is 1. The number of carboxylic acids is 2. The number of aliphatic hydroxyl groups excluding tert-OH is 2. The lowest BCUT2D eigenvalue weighted by atomic mass is 10.1. The fourth-order valence-corrected chi connectivity index (χ4v) is 2.09. The first-order chi connectivity index (χ1) is 13.2. The fraction of sp³-hybridized carbons (Fsp3) is 0.222. The predicted molar refractivity (Wildman–Crippen MR) is 97.6 cm³/mol. The van der Waals surface area contributed by atoms with Gasteiger partial charge in [-0.05, 0) is 23.3 Å². The molecule has 2 aromatic rings. The summed E-state index contributed by atoms with van der Waals surface area (Å²) in [4.78, 5) is 28.3. The van der Waals surface area contributed by atoms with Crippen molar-refractivity contribution in [3.63, 3.8) is 0 Å². The molecular formula is C18H20N2O8. The van der Waals surface area contributed by atoms with Gasteiger partial charge in [0.05, 0.1) is 17.1 Å². The van der Waals surface area contributed by atoms with Crippen LogP contribution in [-0.4, -0.2) is 50.4 Å². The molecule has 0 saturated carbocycles. The number of carbonyl (C=O) groups is 2. The van der Waals surface area contributed by atoms with E-state index in [9.17, 15) is 20.3 Å². The predicted octanol–water partition coefficient (Wildman–Crippen LogP) is 1.11. The van der Waals surface area contributed by atoms with Crippen LogP contribution in [0, 0.1) is 10.1 Å². The van der Waals surface area contributed by atoms with Crippen molar-refractivity contribution in [3.05, 3.63) is 75.8 Å². The van der Waals surface area contributed by atoms with Gasteiger partial charge in [0.2, 0.25) is 0 Å². The molecule has 0 fully saturated rings.